The Bertz CT molecular complexity index is 973. The van der Waals surface area contributed by atoms with E-state index in [0.29, 0.717) is 29.3 Å². The summed E-state index contributed by atoms with van der Waals surface area (Å²) in [5, 5.41) is 0.672. The zero-order chi connectivity index (χ0) is 17.4. The maximum absolute atomic E-state index is 13.3. The zero-order valence-corrected chi connectivity index (χ0v) is 14.2. The van der Waals surface area contributed by atoms with Crippen molar-refractivity contribution in [3.05, 3.63) is 52.4 Å². The normalized spacial score (nSPS) is 14.4. The largest absolute Gasteiger partial charge is 0.494 e. The van der Waals surface area contributed by atoms with E-state index in [1.54, 1.807) is 6.20 Å². The molecule has 1 aliphatic carbocycles. The van der Waals surface area contributed by atoms with Crippen molar-refractivity contribution in [2.45, 2.75) is 32.1 Å². The van der Waals surface area contributed by atoms with Crippen molar-refractivity contribution in [3.63, 3.8) is 0 Å². The Morgan fingerprint density at radius 3 is 2.64 bits per heavy atom. The highest BCUT2D eigenvalue weighted by Crippen LogP contribution is 2.38. The fraction of sp³-hybridized carbons (Fsp3) is 0.300. The lowest BCUT2D eigenvalue weighted by Gasteiger charge is -2.25. The van der Waals surface area contributed by atoms with Gasteiger partial charge in [-0.15, -0.1) is 0 Å². The van der Waals surface area contributed by atoms with Crippen molar-refractivity contribution in [2.75, 3.05) is 12.3 Å². The van der Waals surface area contributed by atoms with E-state index in [4.69, 9.17) is 10.5 Å². The summed E-state index contributed by atoms with van der Waals surface area (Å²) in [7, 11) is 0. The minimum absolute atomic E-state index is 0.0505. The number of fused-ring (bicyclic) bond motifs is 1. The molecule has 128 valence electrons. The summed E-state index contributed by atoms with van der Waals surface area (Å²) in [4.78, 5) is 21.0. The van der Waals surface area contributed by atoms with E-state index in [-0.39, 0.29) is 5.43 Å². The number of aromatic amines is 1. The van der Waals surface area contributed by atoms with Crippen LogP contribution in [-0.2, 0) is 0 Å². The van der Waals surface area contributed by atoms with Crippen molar-refractivity contribution in [1.29, 1.82) is 0 Å². The summed E-state index contributed by atoms with van der Waals surface area (Å²) in [5.74, 6) is 1.54. The van der Waals surface area contributed by atoms with Crippen LogP contribution in [0.4, 0.5) is 5.82 Å². The number of pyridine rings is 2. The minimum Gasteiger partial charge on any atom is -0.494 e. The Hall–Kier alpha value is -2.82. The van der Waals surface area contributed by atoms with Crippen LogP contribution in [0.2, 0.25) is 0 Å². The molecule has 4 rings (SSSR count). The summed E-state index contributed by atoms with van der Waals surface area (Å²) >= 11 is 0. The maximum Gasteiger partial charge on any atom is 0.201 e. The number of H-pyrrole nitrogens is 1. The number of nitrogens with zero attached hydrogens (tertiary/aromatic N) is 1. The molecule has 0 aliphatic heterocycles. The van der Waals surface area contributed by atoms with Gasteiger partial charge in [0.25, 0.3) is 0 Å². The maximum atomic E-state index is 13.3. The monoisotopic (exact) mass is 335 g/mol. The van der Waals surface area contributed by atoms with Gasteiger partial charge in [0.2, 0.25) is 5.43 Å². The minimum atomic E-state index is -0.0505. The Kier molecular flexibility index (Phi) is 3.92. The molecule has 3 N–H and O–H groups in total. The summed E-state index contributed by atoms with van der Waals surface area (Å²) in [6.45, 7) is 2.55. The van der Waals surface area contributed by atoms with Gasteiger partial charge in [-0.05, 0) is 43.5 Å². The SMILES string of the molecule is CCOc1ccc(-c2c(N)[nH]c3ccnc(C4CCC4)c3c2=O)cc1. The van der Waals surface area contributed by atoms with Crippen LogP contribution in [0.25, 0.3) is 22.0 Å². The van der Waals surface area contributed by atoms with Gasteiger partial charge < -0.3 is 15.5 Å². The highest BCUT2D eigenvalue weighted by atomic mass is 16.5. The number of hydrogen-bond acceptors (Lipinski definition) is 4. The molecule has 2 aromatic heterocycles. The Morgan fingerprint density at radius 1 is 1.24 bits per heavy atom. The van der Waals surface area contributed by atoms with Crippen molar-refractivity contribution in [3.8, 4) is 16.9 Å². The lowest BCUT2D eigenvalue weighted by molar-refractivity contribution is 0.340. The van der Waals surface area contributed by atoms with Gasteiger partial charge in [0.1, 0.15) is 11.6 Å². The third kappa shape index (κ3) is 2.65. The average molecular weight is 335 g/mol. The Balaban J connectivity index is 1.90. The summed E-state index contributed by atoms with van der Waals surface area (Å²) < 4.78 is 5.47. The second-order valence-electron chi connectivity index (χ2n) is 6.45. The van der Waals surface area contributed by atoms with E-state index in [1.807, 2.05) is 37.3 Å². The molecule has 0 spiro atoms. The lowest BCUT2D eigenvalue weighted by Crippen LogP contribution is -2.18. The number of ether oxygens (including phenoxy) is 1. The molecule has 25 heavy (non-hydrogen) atoms. The van der Waals surface area contributed by atoms with Gasteiger partial charge in [-0.1, -0.05) is 18.6 Å². The third-order valence-corrected chi connectivity index (χ3v) is 4.92. The number of benzene rings is 1. The summed E-state index contributed by atoms with van der Waals surface area (Å²) in [6.07, 6.45) is 5.13. The lowest BCUT2D eigenvalue weighted by atomic mass is 9.81. The topological polar surface area (TPSA) is 81.0 Å². The first-order valence-corrected chi connectivity index (χ1v) is 8.72. The first kappa shape index (κ1) is 15.7. The Morgan fingerprint density at radius 2 is 2.00 bits per heavy atom. The predicted octanol–water partition coefficient (Wildman–Crippen LogP) is 3.84. The fourth-order valence-electron chi connectivity index (χ4n) is 3.44. The number of hydrogen-bond donors (Lipinski definition) is 2. The van der Waals surface area contributed by atoms with Crippen molar-refractivity contribution in [2.24, 2.45) is 0 Å². The van der Waals surface area contributed by atoms with E-state index < -0.39 is 0 Å². The van der Waals surface area contributed by atoms with E-state index in [9.17, 15) is 4.79 Å². The molecule has 5 nitrogen and oxygen atoms in total. The predicted molar refractivity (Wildman–Crippen MR) is 100.0 cm³/mol. The van der Waals surface area contributed by atoms with Crippen LogP contribution in [0, 0.1) is 0 Å². The highest BCUT2D eigenvalue weighted by Gasteiger charge is 2.25. The number of aromatic nitrogens is 2. The average Bonchev–Trinajstić information content (AvgIpc) is 2.55. The fourth-order valence-corrected chi connectivity index (χ4v) is 3.44. The molecule has 0 amide bonds. The first-order valence-electron chi connectivity index (χ1n) is 8.72. The number of anilines is 1. The van der Waals surface area contributed by atoms with Gasteiger partial charge in [-0.25, -0.2) is 0 Å². The molecule has 1 aromatic carbocycles. The smallest absolute Gasteiger partial charge is 0.201 e. The molecule has 0 saturated heterocycles. The van der Waals surface area contributed by atoms with Crippen LogP contribution in [-0.4, -0.2) is 16.6 Å². The molecule has 5 heteroatoms. The van der Waals surface area contributed by atoms with E-state index >= 15 is 0 Å². The standard InChI is InChI=1S/C20H21N3O2/c1-2-25-14-8-6-12(7-9-14)16-19(24)17-15(23-20(16)21)10-11-22-18(17)13-4-3-5-13/h6-11,13H,2-5H2,1H3,(H3,21,23,24). The van der Waals surface area contributed by atoms with Gasteiger partial charge in [0, 0.05) is 12.1 Å². The highest BCUT2D eigenvalue weighted by molar-refractivity contribution is 5.90. The molecular formula is C20H21N3O2. The van der Waals surface area contributed by atoms with Crippen molar-refractivity contribution < 1.29 is 4.74 Å². The number of nitrogens with one attached hydrogen (secondary N) is 1. The second-order valence-corrected chi connectivity index (χ2v) is 6.45. The molecular weight excluding hydrogens is 314 g/mol. The molecule has 1 saturated carbocycles. The molecule has 3 aromatic rings. The van der Waals surface area contributed by atoms with Gasteiger partial charge in [0.05, 0.1) is 28.8 Å². The number of nitrogens with two attached hydrogens (primary N) is 1. The van der Waals surface area contributed by atoms with Crippen molar-refractivity contribution >= 4 is 16.7 Å². The van der Waals surface area contributed by atoms with Crippen LogP contribution < -0.4 is 15.9 Å². The van der Waals surface area contributed by atoms with Crippen molar-refractivity contribution in [1.82, 2.24) is 9.97 Å². The molecule has 0 radical (unpaired) electrons. The van der Waals surface area contributed by atoms with E-state index in [1.165, 1.54) is 6.42 Å². The first-order chi connectivity index (χ1) is 12.2. The van der Waals surface area contributed by atoms with Crippen LogP contribution in [0.15, 0.2) is 41.3 Å². The molecule has 0 bridgehead atoms. The van der Waals surface area contributed by atoms with Crippen LogP contribution in [0.5, 0.6) is 5.75 Å². The van der Waals surface area contributed by atoms with Crippen LogP contribution in [0.1, 0.15) is 37.8 Å². The molecule has 0 unspecified atom stereocenters. The summed E-state index contributed by atoms with van der Waals surface area (Å²) in [6, 6.07) is 9.28. The Labute approximate surface area is 145 Å². The molecule has 1 aliphatic rings. The number of nitrogen functional groups attached to an aromatic ring is 1. The van der Waals surface area contributed by atoms with Crippen LogP contribution >= 0.6 is 0 Å². The van der Waals surface area contributed by atoms with Gasteiger partial charge in [-0.3, -0.25) is 9.78 Å². The van der Waals surface area contributed by atoms with E-state index in [0.717, 1.165) is 35.4 Å². The third-order valence-electron chi connectivity index (χ3n) is 4.92. The summed E-state index contributed by atoms with van der Waals surface area (Å²) in [5.41, 5.74) is 9.08. The number of rotatable bonds is 4. The molecule has 2 heterocycles. The quantitative estimate of drug-likeness (QED) is 0.759. The van der Waals surface area contributed by atoms with E-state index in [2.05, 4.69) is 9.97 Å². The molecule has 1 fully saturated rings. The second kappa shape index (κ2) is 6.24. The van der Waals surface area contributed by atoms with Gasteiger partial charge in [0.15, 0.2) is 0 Å². The van der Waals surface area contributed by atoms with Gasteiger partial charge >= 0.3 is 0 Å². The molecule has 0 atom stereocenters. The van der Waals surface area contributed by atoms with Crippen LogP contribution in [0.3, 0.4) is 0 Å². The zero-order valence-electron chi connectivity index (χ0n) is 14.2. The van der Waals surface area contributed by atoms with Gasteiger partial charge in [-0.2, -0.15) is 0 Å².